The Hall–Kier alpha value is -1.31. The van der Waals surface area contributed by atoms with Crippen molar-refractivity contribution in [3.8, 4) is 5.75 Å². The highest BCUT2D eigenvalue weighted by Gasteiger charge is 2.30. The van der Waals surface area contributed by atoms with Crippen LogP contribution in [0.2, 0.25) is 0 Å². The van der Waals surface area contributed by atoms with Gasteiger partial charge in [0, 0.05) is 11.5 Å². The largest absolute Gasteiger partial charge is 0.491 e. The third-order valence-corrected chi connectivity index (χ3v) is 4.26. The Kier molecular flexibility index (Phi) is 5.22. The summed E-state index contributed by atoms with van der Waals surface area (Å²) in [7, 11) is 0. The predicted octanol–water partition coefficient (Wildman–Crippen LogP) is 4.87. The van der Waals surface area contributed by atoms with Crippen molar-refractivity contribution in [2.45, 2.75) is 59.0 Å². The minimum Gasteiger partial charge on any atom is -0.491 e. The average Bonchev–Trinajstić information content (AvgIpc) is 2.46. The summed E-state index contributed by atoms with van der Waals surface area (Å²) in [6, 6.07) is 7.68. The fraction of sp³-hybridized carbons (Fsp3) is 0.611. The second kappa shape index (κ2) is 6.92. The lowest BCUT2D eigenvalue weighted by Gasteiger charge is -2.29. The highest BCUT2D eigenvalue weighted by Crippen LogP contribution is 2.34. The Morgan fingerprint density at radius 1 is 1.30 bits per heavy atom. The van der Waals surface area contributed by atoms with Crippen LogP contribution in [0.1, 0.15) is 63.2 Å². The van der Waals surface area contributed by atoms with Crippen molar-refractivity contribution in [2.75, 3.05) is 0 Å². The Bertz CT molecular complexity index is 450. The van der Waals surface area contributed by atoms with Crippen LogP contribution in [0.3, 0.4) is 0 Å². The first-order valence-corrected chi connectivity index (χ1v) is 7.92. The zero-order valence-corrected chi connectivity index (χ0v) is 12.9. The van der Waals surface area contributed by atoms with Gasteiger partial charge in [0.1, 0.15) is 5.75 Å². The SMILES string of the molecule is CCC1CCCCC1C(=O)c1cccc(OC(C)C)c1. The quantitative estimate of drug-likeness (QED) is 0.716. The Morgan fingerprint density at radius 3 is 2.75 bits per heavy atom. The van der Waals surface area contributed by atoms with Gasteiger partial charge in [0.05, 0.1) is 6.10 Å². The standard InChI is InChI=1S/C18H26O2/c1-4-14-8-5-6-11-17(14)18(19)15-9-7-10-16(12-15)20-13(2)3/h7,9-10,12-14,17H,4-6,8,11H2,1-3H3. The normalized spacial score (nSPS) is 22.8. The number of hydrogen-bond donors (Lipinski definition) is 0. The van der Waals surface area contributed by atoms with Crippen molar-refractivity contribution >= 4 is 5.78 Å². The molecule has 1 aliphatic carbocycles. The van der Waals surface area contributed by atoms with Crippen LogP contribution >= 0.6 is 0 Å². The molecular weight excluding hydrogens is 248 g/mol. The molecule has 0 heterocycles. The fourth-order valence-corrected chi connectivity index (χ4v) is 3.25. The molecule has 0 spiro atoms. The first-order valence-electron chi connectivity index (χ1n) is 7.92. The van der Waals surface area contributed by atoms with Crippen molar-refractivity contribution in [3.05, 3.63) is 29.8 Å². The third-order valence-electron chi connectivity index (χ3n) is 4.26. The van der Waals surface area contributed by atoms with Crippen LogP contribution in [0.15, 0.2) is 24.3 Å². The summed E-state index contributed by atoms with van der Waals surface area (Å²) in [6.07, 6.45) is 5.96. The van der Waals surface area contributed by atoms with Gasteiger partial charge in [0.2, 0.25) is 0 Å². The minimum absolute atomic E-state index is 0.137. The van der Waals surface area contributed by atoms with Gasteiger partial charge in [-0.05, 0) is 44.7 Å². The molecule has 1 saturated carbocycles. The summed E-state index contributed by atoms with van der Waals surface area (Å²) >= 11 is 0. The molecule has 2 rings (SSSR count). The van der Waals surface area contributed by atoms with Gasteiger partial charge in [-0.15, -0.1) is 0 Å². The molecule has 0 N–H and O–H groups in total. The first-order chi connectivity index (χ1) is 9.61. The van der Waals surface area contributed by atoms with Crippen LogP contribution in [0.4, 0.5) is 0 Å². The number of benzene rings is 1. The molecule has 0 saturated heterocycles. The number of rotatable bonds is 5. The van der Waals surface area contributed by atoms with Gasteiger partial charge in [0.15, 0.2) is 5.78 Å². The maximum atomic E-state index is 12.8. The van der Waals surface area contributed by atoms with E-state index >= 15 is 0 Å². The lowest BCUT2D eigenvalue weighted by molar-refractivity contribution is 0.0819. The van der Waals surface area contributed by atoms with Crippen molar-refractivity contribution in [3.63, 3.8) is 0 Å². The van der Waals surface area contributed by atoms with E-state index in [0.29, 0.717) is 11.7 Å². The molecule has 1 fully saturated rings. The molecule has 2 unspecified atom stereocenters. The predicted molar refractivity (Wildman–Crippen MR) is 82.3 cm³/mol. The van der Waals surface area contributed by atoms with E-state index in [2.05, 4.69) is 6.92 Å². The number of ether oxygens (including phenoxy) is 1. The van der Waals surface area contributed by atoms with Gasteiger partial charge >= 0.3 is 0 Å². The lowest BCUT2D eigenvalue weighted by atomic mass is 9.74. The molecule has 1 aliphatic rings. The molecule has 0 radical (unpaired) electrons. The molecule has 110 valence electrons. The van der Waals surface area contributed by atoms with Crippen LogP contribution in [-0.2, 0) is 0 Å². The molecule has 1 aromatic carbocycles. The maximum Gasteiger partial charge on any atom is 0.166 e. The maximum absolute atomic E-state index is 12.8. The average molecular weight is 274 g/mol. The zero-order chi connectivity index (χ0) is 14.5. The third kappa shape index (κ3) is 3.62. The zero-order valence-electron chi connectivity index (χ0n) is 12.9. The van der Waals surface area contributed by atoms with Gasteiger partial charge in [-0.2, -0.15) is 0 Å². The second-order valence-corrected chi connectivity index (χ2v) is 6.12. The second-order valence-electron chi connectivity index (χ2n) is 6.12. The molecule has 0 aliphatic heterocycles. The van der Waals surface area contributed by atoms with Gasteiger partial charge in [-0.3, -0.25) is 4.79 Å². The molecule has 2 nitrogen and oxygen atoms in total. The van der Waals surface area contributed by atoms with Gasteiger partial charge in [-0.25, -0.2) is 0 Å². The number of Topliss-reactive ketones (excluding diaryl/α,β-unsaturated/α-hetero) is 1. The molecule has 0 aromatic heterocycles. The van der Waals surface area contributed by atoms with Gasteiger partial charge in [0.25, 0.3) is 0 Å². The van der Waals surface area contributed by atoms with Crippen LogP contribution in [0.25, 0.3) is 0 Å². The van der Waals surface area contributed by atoms with Crippen LogP contribution in [0.5, 0.6) is 5.75 Å². The summed E-state index contributed by atoms with van der Waals surface area (Å²) in [5.41, 5.74) is 0.813. The molecule has 2 heteroatoms. The number of carbonyl (C=O) groups excluding carboxylic acids is 1. The highest BCUT2D eigenvalue weighted by atomic mass is 16.5. The number of ketones is 1. The fourth-order valence-electron chi connectivity index (χ4n) is 3.25. The Labute approximate surface area is 122 Å². The van der Waals surface area contributed by atoms with E-state index < -0.39 is 0 Å². The Balaban J connectivity index is 2.15. The van der Waals surface area contributed by atoms with Gasteiger partial charge in [-0.1, -0.05) is 38.3 Å². The van der Waals surface area contributed by atoms with E-state index in [-0.39, 0.29) is 12.0 Å². The molecular formula is C18H26O2. The minimum atomic E-state index is 0.137. The number of carbonyl (C=O) groups is 1. The van der Waals surface area contributed by atoms with E-state index in [1.807, 2.05) is 38.1 Å². The van der Waals surface area contributed by atoms with Crippen molar-refractivity contribution in [2.24, 2.45) is 11.8 Å². The molecule has 0 bridgehead atoms. The van der Waals surface area contributed by atoms with Crippen molar-refractivity contribution in [1.82, 2.24) is 0 Å². The van der Waals surface area contributed by atoms with E-state index in [4.69, 9.17) is 4.74 Å². The summed E-state index contributed by atoms with van der Waals surface area (Å²) in [6.45, 7) is 6.21. The smallest absolute Gasteiger partial charge is 0.166 e. The topological polar surface area (TPSA) is 26.3 Å². The van der Waals surface area contributed by atoms with Gasteiger partial charge < -0.3 is 4.74 Å². The molecule has 1 aromatic rings. The van der Waals surface area contributed by atoms with E-state index in [0.717, 1.165) is 24.2 Å². The number of hydrogen-bond acceptors (Lipinski definition) is 2. The molecule has 0 amide bonds. The van der Waals surface area contributed by atoms with Crippen molar-refractivity contribution < 1.29 is 9.53 Å². The molecule has 20 heavy (non-hydrogen) atoms. The summed E-state index contributed by atoms with van der Waals surface area (Å²) in [4.78, 5) is 12.8. The van der Waals surface area contributed by atoms with E-state index in [9.17, 15) is 4.79 Å². The van der Waals surface area contributed by atoms with Crippen LogP contribution < -0.4 is 4.74 Å². The van der Waals surface area contributed by atoms with Crippen LogP contribution in [-0.4, -0.2) is 11.9 Å². The van der Waals surface area contributed by atoms with E-state index in [1.165, 1.54) is 19.3 Å². The first kappa shape index (κ1) is 15.1. The molecule has 2 atom stereocenters. The van der Waals surface area contributed by atoms with Crippen molar-refractivity contribution in [1.29, 1.82) is 0 Å². The summed E-state index contributed by atoms with van der Waals surface area (Å²) < 4.78 is 5.69. The lowest BCUT2D eigenvalue weighted by Crippen LogP contribution is -2.27. The monoisotopic (exact) mass is 274 g/mol. The summed E-state index contributed by atoms with van der Waals surface area (Å²) in [5, 5.41) is 0. The van der Waals surface area contributed by atoms with Crippen LogP contribution in [0, 0.1) is 11.8 Å². The summed E-state index contributed by atoms with van der Waals surface area (Å²) in [5.74, 6) is 1.88. The van der Waals surface area contributed by atoms with E-state index in [1.54, 1.807) is 0 Å². The Morgan fingerprint density at radius 2 is 2.05 bits per heavy atom. The highest BCUT2D eigenvalue weighted by molar-refractivity contribution is 5.98.